The number of halogens is 1. The van der Waals surface area contributed by atoms with E-state index in [1.165, 1.54) is 12.1 Å². The number of para-hydroxylation sites is 1. The molecule has 0 amide bonds. The summed E-state index contributed by atoms with van der Waals surface area (Å²) in [5.74, 6) is 0.0724. The zero-order chi connectivity index (χ0) is 19.9. The Bertz CT molecular complexity index is 1030. The van der Waals surface area contributed by atoms with Crippen LogP contribution < -0.4 is 11.0 Å². The second-order valence-electron chi connectivity index (χ2n) is 6.29. The van der Waals surface area contributed by atoms with Crippen LogP contribution in [-0.2, 0) is 11.3 Å². The van der Waals surface area contributed by atoms with E-state index in [0.717, 1.165) is 11.3 Å². The standard InChI is InChI=1S/C21H23FN4O2/c1-3-18(15-9-11-16(22)12-10-15)24-25-21-23-19-8-5-4-7-17(19)20(27)26(21)13-6-14-28-2/h4-5,7-12H,3,6,13-14H2,1-2H3,(H,23,25)/b24-18-. The van der Waals surface area contributed by atoms with Gasteiger partial charge in [0.1, 0.15) is 5.82 Å². The molecule has 2 aromatic carbocycles. The van der Waals surface area contributed by atoms with Crippen molar-refractivity contribution in [2.24, 2.45) is 5.10 Å². The van der Waals surface area contributed by atoms with E-state index in [1.54, 1.807) is 35.9 Å². The molecule has 1 aromatic heterocycles. The minimum atomic E-state index is -0.296. The van der Waals surface area contributed by atoms with Gasteiger partial charge in [-0.3, -0.25) is 9.36 Å². The van der Waals surface area contributed by atoms with Crippen LogP contribution in [0.5, 0.6) is 0 Å². The fourth-order valence-corrected chi connectivity index (χ4v) is 2.94. The van der Waals surface area contributed by atoms with Crippen LogP contribution in [0.25, 0.3) is 10.9 Å². The Morgan fingerprint density at radius 2 is 1.96 bits per heavy atom. The van der Waals surface area contributed by atoms with Gasteiger partial charge in [0.2, 0.25) is 5.95 Å². The predicted octanol–water partition coefficient (Wildman–Crippen LogP) is 3.80. The SMILES string of the molecule is CC/C(=N/Nc1nc2ccccc2c(=O)n1CCCOC)c1ccc(F)cc1. The van der Waals surface area contributed by atoms with Crippen molar-refractivity contribution in [2.45, 2.75) is 26.3 Å². The van der Waals surface area contributed by atoms with Crippen LogP contribution in [-0.4, -0.2) is 29.0 Å². The van der Waals surface area contributed by atoms with Gasteiger partial charge in [-0.2, -0.15) is 5.10 Å². The molecule has 0 saturated carbocycles. The van der Waals surface area contributed by atoms with Crippen LogP contribution in [0.1, 0.15) is 25.3 Å². The summed E-state index contributed by atoms with van der Waals surface area (Å²) in [6, 6.07) is 13.4. The summed E-state index contributed by atoms with van der Waals surface area (Å²) in [6.07, 6.45) is 1.31. The molecule has 0 unspecified atom stereocenters. The number of rotatable bonds is 8. The molecule has 0 saturated heterocycles. The molecule has 3 aromatic rings. The van der Waals surface area contributed by atoms with Crippen molar-refractivity contribution in [1.29, 1.82) is 0 Å². The average molecular weight is 382 g/mol. The Labute approximate surface area is 162 Å². The number of ether oxygens (including phenoxy) is 1. The van der Waals surface area contributed by atoms with Gasteiger partial charge in [0.25, 0.3) is 5.56 Å². The highest BCUT2D eigenvalue weighted by Gasteiger charge is 2.11. The summed E-state index contributed by atoms with van der Waals surface area (Å²) < 4.78 is 19.9. The number of nitrogens with one attached hydrogen (secondary N) is 1. The van der Waals surface area contributed by atoms with Crippen molar-refractivity contribution in [2.75, 3.05) is 19.1 Å². The Balaban J connectivity index is 1.98. The highest BCUT2D eigenvalue weighted by atomic mass is 19.1. The van der Waals surface area contributed by atoms with E-state index in [4.69, 9.17) is 4.74 Å². The Hall–Kier alpha value is -3.06. The number of anilines is 1. The fraction of sp³-hybridized carbons (Fsp3) is 0.286. The first-order valence-corrected chi connectivity index (χ1v) is 9.21. The quantitative estimate of drug-likeness (QED) is 0.366. The van der Waals surface area contributed by atoms with E-state index in [-0.39, 0.29) is 11.4 Å². The monoisotopic (exact) mass is 382 g/mol. The number of nitrogens with zero attached hydrogens (tertiary/aromatic N) is 3. The third-order valence-electron chi connectivity index (χ3n) is 4.40. The summed E-state index contributed by atoms with van der Waals surface area (Å²) in [6.45, 7) is 2.96. The minimum Gasteiger partial charge on any atom is -0.385 e. The van der Waals surface area contributed by atoms with Gasteiger partial charge in [-0.1, -0.05) is 31.2 Å². The molecule has 28 heavy (non-hydrogen) atoms. The Morgan fingerprint density at radius 1 is 1.21 bits per heavy atom. The van der Waals surface area contributed by atoms with Gasteiger partial charge in [0, 0.05) is 20.3 Å². The van der Waals surface area contributed by atoms with Crippen molar-refractivity contribution < 1.29 is 9.13 Å². The molecule has 0 aliphatic heterocycles. The van der Waals surface area contributed by atoms with Crippen molar-refractivity contribution in [3.63, 3.8) is 0 Å². The number of aromatic nitrogens is 2. The van der Waals surface area contributed by atoms with E-state index in [0.29, 0.717) is 42.8 Å². The first kappa shape index (κ1) is 19.7. The van der Waals surface area contributed by atoms with Crippen LogP contribution in [0.3, 0.4) is 0 Å². The van der Waals surface area contributed by atoms with Crippen LogP contribution in [0.4, 0.5) is 10.3 Å². The molecule has 146 valence electrons. The Morgan fingerprint density at radius 3 is 2.68 bits per heavy atom. The van der Waals surface area contributed by atoms with E-state index < -0.39 is 0 Å². The summed E-state index contributed by atoms with van der Waals surface area (Å²) in [5.41, 5.74) is 4.97. The van der Waals surface area contributed by atoms with Crippen LogP contribution >= 0.6 is 0 Å². The number of hydrogen-bond donors (Lipinski definition) is 1. The molecule has 0 aliphatic rings. The fourth-order valence-electron chi connectivity index (χ4n) is 2.94. The van der Waals surface area contributed by atoms with Gasteiger partial charge in [0.15, 0.2) is 0 Å². The van der Waals surface area contributed by atoms with Crippen molar-refractivity contribution in [1.82, 2.24) is 9.55 Å². The molecule has 1 heterocycles. The second-order valence-corrected chi connectivity index (χ2v) is 6.29. The van der Waals surface area contributed by atoms with Gasteiger partial charge < -0.3 is 4.74 Å². The van der Waals surface area contributed by atoms with Crippen LogP contribution in [0, 0.1) is 5.82 Å². The molecular formula is C21H23FN4O2. The van der Waals surface area contributed by atoms with Gasteiger partial charge in [0.05, 0.1) is 16.6 Å². The molecular weight excluding hydrogens is 359 g/mol. The lowest BCUT2D eigenvalue weighted by Crippen LogP contribution is -2.25. The molecule has 0 radical (unpaired) electrons. The lowest BCUT2D eigenvalue weighted by Gasteiger charge is -2.13. The number of hydrazone groups is 1. The summed E-state index contributed by atoms with van der Waals surface area (Å²) in [5, 5.41) is 5.00. The topological polar surface area (TPSA) is 68.5 Å². The molecule has 6 nitrogen and oxygen atoms in total. The second kappa shape index (κ2) is 9.23. The lowest BCUT2D eigenvalue weighted by atomic mass is 10.1. The summed E-state index contributed by atoms with van der Waals surface area (Å²) in [4.78, 5) is 17.5. The largest absolute Gasteiger partial charge is 0.385 e. The molecule has 0 aliphatic carbocycles. The molecule has 1 N–H and O–H groups in total. The molecule has 3 rings (SSSR count). The smallest absolute Gasteiger partial charge is 0.262 e. The minimum absolute atomic E-state index is 0.126. The highest BCUT2D eigenvalue weighted by Crippen LogP contribution is 2.13. The summed E-state index contributed by atoms with van der Waals surface area (Å²) in [7, 11) is 1.63. The zero-order valence-corrected chi connectivity index (χ0v) is 16.0. The third kappa shape index (κ3) is 4.43. The average Bonchev–Trinajstić information content (AvgIpc) is 2.72. The van der Waals surface area contributed by atoms with E-state index in [2.05, 4.69) is 15.5 Å². The van der Waals surface area contributed by atoms with Crippen molar-refractivity contribution in [3.05, 3.63) is 70.3 Å². The number of fused-ring (bicyclic) bond motifs is 1. The maximum Gasteiger partial charge on any atom is 0.262 e. The molecule has 0 atom stereocenters. The number of hydrogen-bond acceptors (Lipinski definition) is 5. The van der Waals surface area contributed by atoms with Crippen LogP contribution in [0.2, 0.25) is 0 Å². The summed E-state index contributed by atoms with van der Waals surface area (Å²) >= 11 is 0. The zero-order valence-electron chi connectivity index (χ0n) is 16.0. The third-order valence-corrected chi connectivity index (χ3v) is 4.40. The van der Waals surface area contributed by atoms with E-state index >= 15 is 0 Å². The molecule has 7 heteroatoms. The molecule has 0 fully saturated rings. The first-order valence-electron chi connectivity index (χ1n) is 9.21. The maximum atomic E-state index is 13.2. The van der Waals surface area contributed by atoms with Gasteiger partial charge in [-0.15, -0.1) is 0 Å². The lowest BCUT2D eigenvalue weighted by molar-refractivity contribution is 0.190. The number of methoxy groups -OCH3 is 1. The van der Waals surface area contributed by atoms with Gasteiger partial charge in [-0.25, -0.2) is 14.8 Å². The van der Waals surface area contributed by atoms with Gasteiger partial charge >= 0.3 is 0 Å². The predicted molar refractivity (Wildman–Crippen MR) is 109 cm³/mol. The van der Waals surface area contributed by atoms with Crippen LogP contribution in [0.15, 0.2) is 58.4 Å². The van der Waals surface area contributed by atoms with Gasteiger partial charge in [-0.05, 0) is 42.7 Å². The molecule has 0 bridgehead atoms. The normalized spacial score (nSPS) is 11.8. The maximum absolute atomic E-state index is 13.2. The highest BCUT2D eigenvalue weighted by molar-refractivity contribution is 6.00. The van der Waals surface area contributed by atoms with E-state index in [9.17, 15) is 9.18 Å². The molecule has 0 spiro atoms. The van der Waals surface area contributed by atoms with E-state index in [1.807, 2.05) is 19.1 Å². The Kier molecular flexibility index (Phi) is 6.49. The van der Waals surface area contributed by atoms with Crippen molar-refractivity contribution >= 4 is 22.6 Å². The van der Waals surface area contributed by atoms with Crippen molar-refractivity contribution in [3.8, 4) is 0 Å². The first-order chi connectivity index (χ1) is 13.6. The number of benzene rings is 2.